The van der Waals surface area contributed by atoms with Gasteiger partial charge >= 0.3 is 42.8 Å². The molecule has 1 rings (SSSR count). The second-order valence-electron chi connectivity index (χ2n) is 1.74. The SMILES string of the molecule is N[As]1CCCC1. The first-order chi connectivity index (χ1) is 2.89. The Morgan fingerprint density at radius 2 is 1.67 bits per heavy atom. The first-order valence-corrected chi connectivity index (χ1v) is 6.13. The summed E-state index contributed by atoms with van der Waals surface area (Å²) in [5.74, 6) is 0. The van der Waals surface area contributed by atoms with Crippen molar-refractivity contribution in [3.05, 3.63) is 0 Å². The van der Waals surface area contributed by atoms with Gasteiger partial charge in [-0.15, -0.1) is 0 Å². The number of nitrogens with two attached hydrogens (primary N) is 1. The molecule has 0 aliphatic carbocycles. The molecule has 6 heavy (non-hydrogen) atoms. The standard InChI is InChI=1S/C4H10AsN/c6-5-3-1-2-4-5/h1-4,6H2. The van der Waals surface area contributed by atoms with Crippen molar-refractivity contribution >= 4 is 14.9 Å². The topological polar surface area (TPSA) is 26.0 Å². The van der Waals surface area contributed by atoms with Crippen LogP contribution in [0.1, 0.15) is 12.8 Å². The minimum atomic E-state index is -0.604. The van der Waals surface area contributed by atoms with Gasteiger partial charge in [-0.1, -0.05) is 0 Å². The Bertz CT molecular complexity index is 40.8. The summed E-state index contributed by atoms with van der Waals surface area (Å²) in [6.07, 6.45) is 2.85. The van der Waals surface area contributed by atoms with Gasteiger partial charge in [-0.25, -0.2) is 0 Å². The first kappa shape index (κ1) is 4.67. The summed E-state index contributed by atoms with van der Waals surface area (Å²) in [7, 11) is 0. The van der Waals surface area contributed by atoms with Crippen LogP contribution in [0, 0.1) is 0 Å². The van der Waals surface area contributed by atoms with E-state index in [9.17, 15) is 0 Å². The molecule has 0 radical (unpaired) electrons. The molecule has 1 aliphatic heterocycles. The van der Waals surface area contributed by atoms with E-state index in [0.717, 1.165) is 0 Å². The summed E-state index contributed by atoms with van der Waals surface area (Å²) in [4.78, 5) is 0. The summed E-state index contributed by atoms with van der Waals surface area (Å²) >= 11 is -0.604. The summed E-state index contributed by atoms with van der Waals surface area (Å²) in [6.45, 7) is 0. The van der Waals surface area contributed by atoms with E-state index in [1.54, 1.807) is 0 Å². The van der Waals surface area contributed by atoms with Crippen molar-refractivity contribution in [3.8, 4) is 0 Å². The van der Waals surface area contributed by atoms with Crippen LogP contribution in [0.25, 0.3) is 0 Å². The van der Waals surface area contributed by atoms with Crippen LogP contribution in [0.4, 0.5) is 0 Å². The Kier molecular flexibility index (Phi) is 1.55. The molecule has 1 aliphatic rings. The fraction of sp³-hybridized carbons (Fsp3) is 1.00. The molecule has 0 aromatic carbocycles. The molecule has 0 spiro atoms. The predicted molar refractivity (Wildman–Crippen MR) is 28.8 cm³/mol. The molecule has 0 aromatic heterocycles. The molecule has 1 nitrogen and oxygen atoms in total. The quantitative estimate of drug-likeness (QED) is 0.502. The molecule has 1 fully saturated rings. The molecular formula is C4H10AsN. The Hall–Kier alpha value is 0.518. The van der Waals surface area contributed by atoms with Crippen LogP contribution in [-0.4, -0.2) is 14.9 Å². The van der Waals surface area contributed by atoms with Crippen molar-refractivity contribution in [1.82, 2.24) is 0 Å². The molecule has 36 valence electrons. The van der Waals surface area contributed by atoms with E-state index in [1.165, 1.54) is 23.3 Å². The average molecular weight is 147 g/mol. The van der Waals surface area contributed by atoms with E-state index < -0.39 is 14.9 Å². The Morgan fingerprint density at radius 3 is 1.83 bits per heavy atom. The molecule has 0 unspecified atom stereocenters. The minimum absolute atomic E-state index is 0.604. The van der Waals surface area contributed by atoms with E-state index >= 15 is 0 Å². The van der Waals surface area contributed by atoms with Gasteiger partial charge in [0.1, 0.15) is 0 Å². The number of rotatable bonds is 0. The molecule has 1 saturated heterocycles. The summed E-state index contributed by atoms with van der Waals surface area (Å²) < 4.78 is 5.68. The van der Waals surface area contributed by atoms with Crippen molar-refractivity contribution in [1.29, 1.82) is 0 Å². The van der Waals surface area contributed by atoms with Crippen LogP contribution in [-0.2, 0) is 0 Å². The molecular weight excluding hydrogens is 137 g/mol. The third-order valence-corrected chi connectivity index (χ3v) is 4.88. The van der Waals surface area contributed by atoms with Crippen molar-refractivity contribution < 1.29 is 0 Å². The first-order valence-electron chi connectivity index (χ1n) is 2.39. The zero-order chi connectivity index (χ0) is 4.41. The molecule has 0 aromatic rings. The summed E-state index contributed by atoms with van der Waals surface area (Å²) in [6, 6.07) is 0. The molecule has 0 atom stereocenters. The fourth-order valence-electron chi connectivity index (χ4n) is 0.742. The van der Waals surface area contributed by atoms with Gasteiger partial charge in [0.15, 0.2) is 0 Å². The molecule has 2 N–H and O–H groups in total. The van der Waals surface area contributed by atoms with Crippen molar-refractivity contribution in [2.75, 3.05) is 0 Å². The summed E-state index contributed by atoms with van der Waals surface area (Å²) in [5, 5.41) is 2.82. The second kappa shape index (κ2) is 1.99. The zero-order valence-corrected chi connectivity index (χ0v) is 5.73. The van der Waals surface area contributed by atoms with E-state index in [2.05, 4.69) is 0 Å². The van der Waals surface area contributed by atoms with Crippen LogP contribution in [0.2, 0.25) is 10.4 Å². The molecule has 2 heteroatoms. The van der Waals surface area contributed by atoms with Gasteiger partial charge in [0.2, 0.25) is 0 Å². The van der Waals surface area contributed by atoms with Crippen LogP contribution in [0.5, 0.6) is 0 Å². The van der Waals surface area contributed by atoms with E-state index in [1.807, 2.05) is 0 Å². The van der Waals surface area contributed by atoms with Crippen LogP contribution in [0.3, 0.4) is 0 Å². The number of hydrogen-bond acceptors (Lipinski definition) is 1. The van der Waals surface area contributed by atoms with E-state index in [-0.39, 0.29) is 0 Å². The van der Waals surface area contributed by atoms with E-state index in [0.29, 0.717) is 0 Å². The van der Waals surface area contributed by atoms with Crippen LogP contribution in [0.15, 0.2) is 0 Å². The average Bonchev–Trinajstić information content (AvgIpc) is 1.86. The molecule has 1 heterocycles. The van der Waals surface area contributed by atoms with Crippen LogP contribution < -0.4 is 4.65 Å². The molecule has 0 bridgehead atoms. The fourth-order valence-corrected chi connectivity index (χ4v) is 3.85. The maximum atomic E-state index is 5.68. The molecule has 0 amide bonds. The number of hydrogen-bond donors (Lipinski definition) is 1. The van der Waals surface area contributed by atoms with Gasteiger partial charge in [-0.3, -0.25) is 0 Å². The van der Waals surface area contributed by atoms with Gasteiger partial charge in [0.05, 0.1) is 0 Å². The van der Waals surface area contributed by atoms with E-state index in [4.69, 9.17) is 4.65 Å². The Labute approximate surface area is 43.4 Å². The zero-order valence-electron chi connectivity index (χ0n) is 3.85. The van der Waals surface area contributed by atoms with Gasteiger partial charge in [-0.05, 0) is 0 Å². The van der Waals surface area contributed by atoms with Crippen molar-refractivity contribution in [3.63, 3.8) is 0 Å². The summed E-state index contributed by atoms with van der Waals surface area (Å²) in [5.41, 5.74) is 0. The third kappa shape index (κ3) is 0.990. The van der Waals surface area contributed by atoms with Gasteiger partial charge in [-0.2, -0.15) is 0 Å². The van der Waals surface area contributed by atoms with Gasteiger partial charge < -0.3 is 0 Å². The Morgan fingerprint density at radius 1 is 1.17 bits per heavy atom. The second-order valence-corrected chi connectivity index (χ2v) is 6.09. The molecule has 0 saturated carbocycles. The van der Waals surface area contributed by atoms with Gasteiger partial charge in [0.25, 0.3) is 0 Å². The monoisotopic (exact) mass is 147 g/mol. The predicted octanol–water partition coefficient (Wildman–Crippen LogP) is 0.730. The maximum absolute atomic E-state index is 5.68. The third-order valence-electron chi connectivity index (χ3n) is 1.14. The Balaban J connectivity index is 2.18. The van der Waals surface area contributed by atoms with Crippen molar-refractivity contribution in [2.24, 2.45) is 4.65 Å². The van der Waals surface area contributed by atoms with Gasteiger partial charge in [0, 0.05) is 0 Å². The van der Waals surface area contributed by atoms with Crippen LogP contribution >= 0.6 is 0 Å². The van der Waals surface area contributed by atoms with Crippen molar-refractivity contribution in [2.45, 2.75) is 23.3 Å². The normalized spacial score (nSPS) is 25.5.